The van der Waals surface area contributed by atoms with Crippen molar-refractivity contribution in [2.75, 3.05) is 11.9 Å². The second-order valence-electron chi connectivity index (χ2n) is 8.22. The van der Waals surface area contributed by atoms with Crippen LogP contribution in [0, 0.1) is 6.92 Å². The molecular weight excluding hydrogens is 460 g/mol. The van der Waals surface area contributed by atoms with Gasteiger partial charge in [-0.25, -0.2) is 14.6 Å². The lowest BCUT2D eigenvalue weighted by atomic mass is 10.0. The van der Waals surface area contributed by atoms with Gasteiger partial charge in [-0.15, -0.1) is 0 Å². The molecule has 1 heterocycles. The predicted molar refractivity (Wildman–Crippen MR) is 134 cm³/mol. The summed E-state index contributed by atoms with van der Waals surface area (Å²) < 4.78 is 11.6. The number of aromatic carboxylic acids is 1. The molecule has 1 aromatic heterocycles. The van der Waals surface area contributed by atoms with Gasteiger partial charge in [-0.1, -0.05) is 42.5 Å². The molecule has 0 aliphatic carbocycles. The molecule has 0 radical (unpaired) electrons. The van der Waals surface area contributed by atoms with E-state index in [1.807, 2.05) is 37.3 Å². The van der Waals surface area contributed by atoms with E-state index >= 15 is 0 Å². The number of ether oxygens (including phenoxy) is 1. The van der Waals surface area contributed by atoms with Crippen molar-refractivity contribution in [2.24, 2.45) is 0 Å². The van der Waals surface area contributed by atoms with Crippen molar-refractivity contribution in [2.45, 2.75) is 25.8 Å². The third kappa shape index (κ3) is 6.09. The topological polar surface area (TPSA) is 122 Å². The number of aromatic nitrogens is 1. The van der Waals surface area contributed by atoms with E-state index < -0.39 is 18.0 Å². The Morgan fingerprint density at radius 3 is 2.36 bits per heavy atom. The Morgan fingerprint density at radius 1 is 0.972 bits per heavy atom. The Labute approximate surface area is 208 Å². The summed E-state index contributed by atoms with van der Waals surface area (Å²) in [5, 5.41) is 21.8. The molecule has 0 spiro atoms. The minimum Gasteiger partial charge on any atom is -0.493 e. The van der Waals surface area contributed by atoms with Gasteiger partial charge in [-0.05, 0) is 48.9 Å². The summed E-state index contributed by atoms with van der Waals surface area (Å²) >= 11 is 0. The number of benzene rings is 3. The van der Waals surface area contributed by atoms with Crippen LogP contribution >= 0.6 is 0 Å². The van der Waals surface area contributed by atoms with Crippen LogP contribution in [-0.2, 0) is 17.6 Å². The lowest BCUT2D eigenvalue weighted by molar-refractivity contribution is -0.137. The molecule has 1 unspecified atom stereocenters. The molecule has 4 aromatic rings. The first-order valence-electron chi connectivity index (χ1n) is 11.5. The van der Waals surface area contributed by atoms with Crippen LogP contribution in [0.5, 0.6) is 5.75 Å². The number of hydrogen-bond acceptors (Lipinski definition) is 6. The fourth-order valence-corrected chi connectivity index (χ4v) is 3.77. The van der Waals surface area contributed by atoms with Gasteiger partial charge in [0.25, 0.3) is 0 Å². The monoisotopic (exact) mass is 486 g/mol. The van der Waals surface area contributed by atoms with Gasteiger partial charge in [0, 0.05) is 24.1 Å². The highest BCUT2D eigenvalue weighted by Crippen LogP contribution is 2.22. The van der Waals surface area contributed by atoms with Gasteiger partial charge in [0.2, 0.25) is 5.89 Å². The summed E-state index contributed by atoms with van der Waals surface area (Å²) in [4.78, 5) is 27.8. The molecule has 1 atom stereocenters. The lowest BCUT2D eigenvalue weighted by Gasteiger charge is -2.17. The Hall–Kier alpha value is -4.59. The van der Waals surface area contributed by atoms with E-state index in [0.717, 1.165) is 22.6 Å². The van der Waals surface area contributed by atoms with E-state index in [1.54, 1.807) is 42.5 Å². The highest BCUT2D eigenvalue weighted by atomic mass is 16.5. The summed E-state index contributed by atoms with van der Waals surface area (Å²) in [5.74, 6) is -0.210. The number of nitrogens with one attached hydrogen (secondary N) is 1. The molecule has 0 saturated carbocycles. The molecule has 184 valence electrons. The van der Waals surface area contributed by atoms with Crippen LogP contribution in [0.1, 0.15) is 27.4 Å². The van der Waals surface area contributed by atoms with Crippen molar-refractivity contribution < 1.29 is 29.0 Å². The van der Waals surface area contributed by atoms with E-state index in [2.05, 4.69) is 10.3 Å². The molecule has 8 nitrogen and oxygen atoms in total. The predicted octanol–water partition coefficient (Wildman–Crippen LogP) is 5.08. The molecule has 0 saturated heterocycles. The van der Waals surface area contributed by atoms with Crippen molar-refractivity contribution >= 4 is 17.6 Å². The Bertz CT molecular complexity index is 1330. The van der Waals surface area contributed by atoms with Gasteiger partial charge in [0.05, 0.1) is 17.9 Å². The number of aliphatic carboxylic acids is 1. The van der Waals surface area contributed by atoms with Crippen LogP contribution in [0.3, 0.4) is 0 Å². The highest BCUT2D eigenvalue weighted by Gasteiger charge is 2.20. The maximum atomic E-state index is 11.8. The number of carboxylic acid groups (broad SMARTS) is 2. The number of para-hydroxylation sites is 1. The Balaban J connectivity index is 1.34. The number of aryl methyl sites for hydroxylation is 1. The summed E-state index contributed by atoms with van der Waals surface area (Å²) in [5.41, 5.74) is 2.81. The summed E-state index contributed by atoms with van der Waals surface area (Å²) in [6, 6.07) is 22.1. The normalized spacial score (nSPS) is 11.6. The van der Waals surface area contributed by atoms with Crippen molar-refractivity contribution in [3.63, 3.8) is 0 Å². The second kappa shape index (κ2) is 11.2. The second-order valence-corrected chi connectivity index (χ2v) is 8.22. The summed E-state index contributed by atoms with van der Waals surface area (Å²) in [7, 11) is 0. The fourth-order valence-electron chi connectivity index (χ4n) is 3.77. The van der Waals surface area contributed by atoms with Gasteiger partial charge in [-0.3, -0.25) is 0 Å². The van der Waals surface area contributed by atoms with Crippen LogP contribution in [-0.4, -0.2) is 39.8 Å². The third-order valence-corrected chi connectivity index (χ3v) is 5.67. The number of hydrogen-bond donors (Lipinski definition) is 3. The molecule has 3 N–H and O–H groups in total. The van der Waals surface area contributed by atoms with E-state index in [1.165, 1.54) is 6.07 Å². The molecule has 0 fully saturated rings. The standard InChI is InChI=1S/C28H26N2O6/c1-18-23(30-26(36-18)20-7-3-2-4-8-20)15-16-35-21-13-11-19(12-14-21)17-25(28(33)34)29-24-10-6-5-9-22(24)27(31)32/h2-14,25,29H,15-17H2,1H3,(H,31,32)(H,33,34). The lowest BCUT2D eigenvalue weighted by Crippen LogP contribution is -2.32. The zero-order valence-corrected chi connectivity index (χ0v) is 19.7. The molecular formula is C28H26N2O6. The van der Waals surface area contributed by atoms with E-state index in [9.17, 15) is 19.8 Å². The van der Waals surface area contributed by atoms with Crippen LogP contribution in [0.25, 0.3) is 11.5 Å². The van der Waals surface area contributed by atoms with Crippen LogP contribution in [0.15, 0.2) is 83.3 Å². The molecule has 36 heavy (non-hydrogen) atoms. The van der Waals surface area contributed by atoms with Gasteiger partial charge in [-0.2, -0.15) is 0 Å². The summed E-state index contributed by atoms with van der Waals surface area (Å²) in [6.07, 6.45) is 0.752. The van der Waals surface area contributed by atoms with Crippen LogP contribution < -0.4 is 10.1 Å². The molecule has 8 heteroatoms. The maximum absolute atomic E-state index is 11.8. The molecule has 3 aromatic carbocycles. The smallest absolute Gasteiger partial charge is 0.337 e. The van der Waals surface area contributed by atoms with Crippen molar-refractivity contribution in [1.82, 2.24) is 4.98 Å². The fraction of sp³-hybridized carbons (Fsp3) is 0.179. The first kappa shape index (κ1) is 24.5. The molecule has 0 amide bonds. The number of rotatable bonds is 11. The first-order chi connectivity index (χ1) is 17.4. The number of carbonyl (C=O) groups is 2. The quantitative estimate of drug-likeness (QED) is 0.268. The van der Waals surface area contributed by atoms with Gasteiger partial charge < -0.3 is 24.7 Å². The largest absolute Gasteiger partial charge is 0.493 e. The zero-order chi connectivity index (χ0) is 25.5. The SMILES string of the molecule is Cc1oc(-c2ccccc2)nc1CCOc1ccc(CC(Nc2ccccc2C(=O)O)C(=O)O)cc1. The van der Waals surface area contributed by atoms with Crippen molar-refractivity contribution in [3.8, 4) is 17.2 Å². The first-order valence-corrected chi connectivity index (χ1v) is 11.5. The zero-order valence-electron chi connectivity index (χ0n) is 19.7. The average Bonchev–Trinajstić information content (AvgIpc) is 3.25. The van der Waals surface area contributed by atoms with Crippen molar-refractivity contribution in [3.05, 3.63) is 101 Å². The molecule has 0 bridgehead atoms. The highest BCUT2D eigenvalue weighted by molar-refractivity contribution is 5.95. The van der Waals surface area contributed by atoms with Crippen LogP contribution in [0.4, 0.5) is 5.69 Å². The molecule has 0 aliphatic rings. The average molecular weight is 487 g/mol. The van der Waals surface area contributed by atoms with Gasteiger partial charge in [0.15, 0.2) is 0 Å². The van der Waals surface area contributed by atoms with E-state index in [4.69, 9.17) is 9.15 Å². The summed E-state index contributed by atoms with van der Waals surface area (Å²) in [6.45, 7) is 2.29. The van der Waals surface area contributed by atoms with E-state index in [-0.39, 0.29) is 17.7 Å². The van der Waals surface area contributed by atoms with Crippen molar-refractivity contribution in [1.29, 1.82) is 0 Å². The maximum Gasteiger partial charge on any atom is 0.337 e. The van der Waals surface area contributed by atoms with Gasteiger partial charge in [0.1, 0.15) is 17.6 Å². The number of anilines is 1. The molecule has 0 aliphatic heterocycles. The molecule has 4 rings (SSSR count). The number of oxazole rings is 1. The number of nitrogens with zero attached hydrogens (tertiary/aromatic N) is 1. The van der Waals surface area contributed by atoms with Gasteiger partial charge >= 0.3 is 11.9 Å². The van der Waals surface area contributed by atoms with Crippen LogP contribution in [0.2, 0.25) is 0 Å². The Kier molecular flexibility index (Phi) is 7.65. The number of carboxylic acids is 2. The Morgan fingerprint density at radius 2 is 1.67 bits per heavy atom. The minimum absolute atomic E-state index is 0.0192. The minimum atomic E-state index is -1.12. The third-order valence-electron chi connectivity index (χ3n) is 5.67. The van der Waals surface area contributed by atoms with E-state index in [0.29, 0.717) is 24.7 Å².